The van der Waals surface area contributed by atoms with Crippen molar-refractivity contribution >= 4 is 5.91 Å². The number of nitrogens with one attached hydrogen (secondary N) is 1. The molecule has 0 unspecified atom stereocenters. The first kappa shape index (κ1) is 11.8. The normalized spacial score (nSPS) is 10.0. The molecule has 0 aliphatic rings. The topological polar surface area (TPSA) is 29.1 Å². The van der Waals surface area contributed by atoms with Crippen LogP contribution in [0.25, 0.3) is 0 Å². The van der Waals surface area contributed by atoms with Crippen molar-refractivity contribution in [1.82, 2.24) is 5.32 Å². The molecule has 15 heavy (non-hydrogen) atoms. The zero-order valence-electron chi connectivity index (χ0n) is 9.55. The quantitative estimate of drug-likeness (QED) is 0.736. The molecular formula is C13H19NO. The van der Waals surface area contributed by atoms with E-state index in [1.807, 2.05) is 24.3 Å². The second kappa shape index (κ2) is 6.23. The fourth-order valence-corrected chi connectivity index (χ4v) is 1.37. The first-order valence-corrected chi connectivity index (χ1v) is 5.65. The molecule has 1 amide bonds. The highest BCUT2D eigenvalue weighted by Gasteiger charge is 2.03. The van der Waals surface area contributed by atoms with Crippen molar-refractivity contribution in [2.75, 3.05) is 6.54 Å². The number of hydrogen-bond donors (Lipinski definition) is 1. The monoisotopic (exact) mass is 205 g/mol. The number of amides is 1. The van der Waals surface area contributed by atoms with Crippen LogP contribution >= 0.6 is 0 Å². The highest BCUT2D eigenvalue weighted by Crippen LogP contribution is 2.04. The molecule has 1 rings (SSSR count). The summed E-state index contributed by atoms with van der Waals surface area (Å²) in [6, 6.07) is 7.80. The van der Waals surface area contributed by atoms with Crippen LogP contribution in [0.4, 0.5) is 0 Å². The Labute approximate surface area is 91.7 Å². The fraction of sp³-hybridized carbons (Fsp3) is 0.462. The van der Waals surface area contributed by atoms with E-state index < -0.39 is 0 Å². The van der Waals surface area contributed by atoms with Crippen LogP contribution in [-0.4, -0.2) is 12.5 Å². The maximum Gasteiger partial charge on any atom is 0.251 e. The summed E-state index contributed by atoms with van der Waals surface area (Å²) < 4.78 is 0. The third-order valence-electron chi connectivity index (χ3n) is 2.44. The molecule has 0 bridgehead atoms. The highest BCUT2D eigenvalue weighted by atomic mass is 16.1. The molecule has 0 aliphatic carbocycles. The van der Waals surface area contributed by atoms with Crippen LogP contribution in [0.5, 0.6) is 0 Å². The standard InChI is InChI=1S/C13H19NO/c1-3-5-10-14-13(15)12-8-6-11(4-2)7-9-12/h6-9H,3-5,10H2,1-2H3,(H,14,15). The van der Waals surface area contributed by atoms with Gasteiger partial charge in [0, 0.05) is 12.1 Å². The molecule has 1 N–H and O–H groups in total. The van der Waals surface area contributed by atoms with Gasteiger partial charge in [0.1, 0.15) is 0 Å². The molecule has 0 fully saturated rings. The molecule has 0 saturated carbocycles. The molecule has 0 aliphatic heterocycles. The first-order chi connectivity index (χ1) is 7.27. The lowest BCUT2D eigenvalue weighted by Crippen LogP contribution is -2.24. The number of hydrogen-bond acceptors (Lipinski definition) is 1. The van der Waals surface area contributed by atoms with Gasteiger partial charge in [0.05, 0.1) is 0 Å². The van der Waals surface area contributed by atoms with Crippen molar-refractivity contribution in [3.8, 4) is 0 Å². The van der Waals surface area contributed by atoms with Crippen molar-refractivity contribution in [1.29, 1.82) is 0 Å². The van der Waals surface area contributed by atoms with Crippen molar-refractivity contribution in [2.45, 2.75) is 33.1 Å². The average Bonchev–Trinajstić information content (AvgIpc) is 2.29. The minimum Gasteiger partial charge on any atom is -0.352 e. The van der Waals surface area contributed by atoms with E-state index in [-0.39, 0.29) is 5.91 Å². The third kappa shape index (κ3) is 3.74. The van der Waals surface area contributed by atoms with E-state index in [1.54, 1.807) is 0 Å². The van der Waals surface area contributed by atoms with Crippen LogP contribution in [0.2, 0.25) is 0 Å². The van der Waals surface area contributed by atoms with Gasteiger partial charge < -0.3 is 5.32 Å². The van der Waals surface area contributed by atoms with Crippen LogP contribution in [0.1, 0.15) is 42.6 Å². The number of unbranched alkanes of at least 4 members (excludes halogenated alkanes) is 1. The molecule has 2 nitrogen and oxygen atoms in total. The summed E-state index contributed by atoms with van der Waals surface area (Å²) in [5.74, 6) is 0.0334. The van der Waals surface area contributed by atoms with Crippen molar-refractivity contribution in [3.63, 3.8) is 0 Å². The summed E-state index contributed by atoms with van der Waals surface area (Å²) in [7, 11) is 0. The number of benzene rings is 1. The molecule has 1 aromatic carbocycles. The smallest absolute Gasteiger partial charge is 0.251 e. The lowest BCUT2D eigenvalue weighted by Gasteiger charge is -2.04. The molecule has 0 spiro atoms. The van der Waals surface area contributed by atoms with Crippen molar-refractivity contribution < 1.29 is 4.79 Å². The molecule has 0 heterocycles. The Balaban J connectivity index is 2.50. The van der Waals surface area contributed by atoms with Gasteiger partial charge in [-0.15, -0.1) is 0 Å². The molecule has 82 valence electrons. The van der Waals surface area contributed by atoms with Gasteiger partial charge in [-0.2, -0.15) is 0 Å². The van der Waals surface area contributed by atoms with Gasteiger partial charge in [0.25, 0.3) is 5.91 Å². The fourth-order valence-electron chi connectivity index (χ4n) is 1.37. The van der Waals surface area contributed by atoms with Crippen LogP contribution in [0.3, 0.4) is 0 Å². The van der Waals surface area contributed by atoms with E-state index in [1.165, 1.54) is 5.56 Å². The second-order valence-electron chi connectivity index (χ2n) is 3.66. The van der Waals surface area contributed by atoms with Crippen molar-refractivity contribution in [3.05, 3.63) is 35.4 Å². The molecule has 0 saturated heterocycles. The lowest BCUT2D eigenvalue weighted by molar-refractivity contribution is 0.0953. The molecule has 0 atom stereocenters. The van der Waals surface area contributed by atoms with Gasteiger partial charge in [-0.1, -0.05) is 32.4 Å². The number of rotatable bonds is 5. The van der Waals surface area contributed by atoms with E-state index in [0.717, 1.165) is 31.4 Å². The maximum atomic E-state index is 11.6. The molecular weight excluding hydrogens is 186 g/mol. The first-order valence-electron chi connectivity index (χ1n) is 5.65. The Morgan fingerprint density at radius 3 is 2.40 bits per heavy atom. The van der Waals surface area contributed by atoms with Crippen LogP contribution in [-0.2, 0) is 6.42 Å². The minimum absolute atomic E-state index is 0.0334. The van der Waals surface area contributed by atoms with Gasteiger partial charge in [0.15, 0.2) is 0 Å². The Bertz CT molecular complexity index is 303. The predicted molar refractivity (Wildman–Crippen MR) is 63.1 cm³/mol. The highest BCUT2D eigenvalue weighted by molar-refractivity contribution is 5.94. The Morgan fingerprint density at radius 2 is 1.87 bits per heavy atom. The summed E-state index contributed by atoms with van der Waals surface area (Å²) in [4.78, 5) is 11.6. The van der Waals surface area contributed by atoms with Gasteiger partial charge in [-0.05, 0) is 30.5 Å². The predicted octanol–water partition coefficient (Wildman–Crippen LogP) is 2.78. The van der Waals surface area contributed by atoms with E-state index in [9.17, 15) is 4.79 Å². The summed E-state index contributed by atoms with van der Waals surface area (Å²) in [5, 5.41) is 2.90. The second-order valence-corrected chi connectivity index (χ2v) is 3.66. The number of carbonyl (C=O) groups is 1. The summed E-state index contributed by atoms with van der Waals surface area (Å²) in [6.45, 7) is 4.99. The van der Waals surface area contributed by atoms with Gasteiger partial charge in [-0.25, -0.2) is 0 Å². The molecule has 2 heteroatoms. The molecule has 0 radical (unpaired) electrons. The Hall–Kier alpha value is -1.31. The van der Waals surface area contributed by atoms with Crippen LogP contribution in [0.15, 0.2) is 24.3 Å². The number of carbonyl (C=O) groups excluding carboxylic acids is 1. The van der Waals surface area contributed by atoms with Gasteiger partial charge >= 0.3 is 0 Å². The Kier molecular flexibility index (Phi) is 4.88. The zero-order chi connectivity index (χ0) is 11.1. The van der Waals surface area contributed by atoms with Crippen molar-refractivity contribution in [2.24, 2.45) is 0 Å². The zero-order valence-corrected chi connectivity index (χ0v) is 9.55. The molecule has 1 aromatic rings. The largest absolute Gasteiger partial charge is 0.352 e. The Morgan fingerprint density at radius 1 is 1.20 bits per heavy atom. The molecule has 0 aromatic heterocycles. The van der Waals surface area contributed by atoms with E-state index in [4.69, 9.17) is 0 Å². The van der Waals surface area contributed by atoms with Gasteiger partial charge in [0.2, 0.25) is 0 Å². The minimum atomic E-state index is 0.0334. The average molecular weight is 205 g/mol. The number of aryl methyl sites for hydroxylation is 1. The van der Waals surface area contributed by atoms with Crippen LogP contribution in [0, 0.1) is 0 Å². The van der Waals surface area contributed by atoms with E-state index in [0.29, 0.717) is 0 Å². The maximum absolute atomic E-state index is 11.6. The van der Waals surface area contributed by atoms with E-state index in [2.05, 4.69) is 19.2 Å². The van der Waals surface area contributed by atoms with Gasteiger partial charge in [-0.3, -0.25) is 4.79 Å². The third-order valence-corrected chi connectivity index (χ3v) is 2.44. The summed E-state index contributed by atoms with van der Waals surface area (Å²) in [6.07, 6.45) is 3.16. The van der Waals surface area contributed by atoms with E-state index >= 15 is 0 Å². The van der Waals surface area contributed by atoms with Crippen LogP contribution < -0.4 is 5.32 Å². The SMILES string of the molecule is CCCCNC(=O)c1ccc(CC)cc1. The summed E-state index contributed by atoms with van der Waals surface area (Å²) in [5.41, 5.74) is 2.02. The summed E-state index contributed by atoms with van der Waals surface area (Å²) >= 11 is 0. The lowest BCUT2D eigenvalue weighted by atomic mass is 10.1.